The minimum atomic E-state index is 0.680. The maximum Gasteiger partial charge on any atom is 0.173 e. The zero-order valence-electron chi connectivity index (χ0n) is 6.06. The first-order valence-corrected chi connectivity index (χ1v) is 3.17. The Labute approximate surface area is 62.9 Å². The molecule has 5 heteroatoms. The highest BCUT2D eigenvalue weighted by Crippen LogP contribution is 2.08. The van der Waals surface area contributed by atoms with Crippen LogP contribution in [0, 0.1) is 0 Å². The van der Waals surface area contributed by atoms with Gasteiger partial charge < -0.3 is 10.6 Å². The predicted octanol–water partition coefficient (Wildman–Crippen LogP) is -0.224. The van der Waals surface area contributed by atoms with Crippen molar-refractivity contribution in [1.29, 1.82) is 0 Å². The number of nitrogen functional groups attached to an aromatic ring is 1. The smallest absolute Gasteiger partial charge is 0.173 e. The van der Waals surface area contributed by atoms with E-state index in [2.05, 4.69) is 5.10 Å². The minimum absolute atomic E-state index is 0.680. The fourth-order valence-corrected chi connectivity index (χ4v) is 1.02. The van der Waals surface area contributed by atoms with E-state index in [1.54, 1.807) is 30.2 Å². The van der Waals surface area contributed by atoms with Crippen LogP contribution >= 0.6 is 0 Å². The molecule has 0 aliphatic carbocycles. The highest BCUT2D eigenvalue weighted by Gasteiger charge is 2.02. The molecule has 0 fully saturated rings. The van der Waals surface area contributed by atoms with Gasteiger partial charge in [0.2, 0.25) is 0 Å². The van der Waals surface area contributed by atoms with E-state index in [1.807, 2.05) is 0 Å². The van der Waals surface area contributed by atoms with Gasteiger partial charge in [-0.3, -0.25) is 0 Å². The molecule has 0 spiro atoms. The van der Waals surface area contributed by atoms with Gasteiger partial charge >= 0.3 is 0 Å². The Morgan fingerprint density at radius 2 is 2.45 bits per heavy atom. The van der Waals surface area contributed by atoms with Crippen LogP contribution in [0.15, 0.2) is 18.6 Å². The summed E-state index contributed by atoms with van der Waals surface area (Å²) in [6, 6.07) is 1.79. The van der Waals surface area contributed by atoms with E-state index in [9.17, 15) is 0 Å². The number of anilines is 1. The molecule has 11 heavy (non-hydrogen) atoms. The molecular formula is C6H8N4O. The molecule has 0 radical (unpaired) electrons. The van der Waals surface area contributed by atoms with Gasteiger partial charge in [0, 0.05) is 6.07 Å². The normalized spacial score (nSPS) is 10.6. The van der Waals surface area contributed by atoms with E-state index in [4.69, 9.17) is 10.6 Å². The van der Waals surface area contributed by atoms with Crippen LogP contribution in [0.4, 0.5) is 5.69 Å². The number of nitrogens with zero attached hydrogens (tertiary/aromatic N) is 3. The SMILES string of the molecule is COn1cnn2cc(N)cc12. The van der Waals surface area contributed by atoms with Crippen molar-refractivity contribution < 1.29 is 4.84 Å². The molecule has 58 valence electrons. The quantitative estimate of drug-likeness (QED) is 0.614. The van der Waals surface area contributed by atoms with Gasteiger partial charge in [-0.2, -0.15) is 9.83 Å². The molecule has 0 aliphatic heterocycles. The first kappa shape index (κ1) is 6.09. The van der Waals surface area contributed by atoms with Crippen LogP contribution in [0.5, 0.6) is 0 Å². The van der Waals surface area contributed by atoms with Gasteiger partial charge in [-0.25, -0.2) is 4.52 Å². The summed E-state index contributed by atoms with van der Waals surface area (Å²) in [6.45, 7) is 0. The average Bonchev–Trinajstić information content (AvgIpc) is 2.45. The molecule has 0 aromatic carbocycles. The van der Waals surface area contributed by atoms with E-state index in [0.717, 1.165) is 5.65 Å². The lowest BCUT2D eigenvalue weighted by Crippen LogP contribution is -2.02. The Morgan fingerprint density at radius 3 is 3.18 bits per heavy atom. The second-order valence-corrected chi connectivity index (χ2v) is 2.22. The van der Waals surface area contributed by atoms with E-state index < -0.39 is 0 Å². The zero-order chi connectivity index (χ0) is 7.84. The molecule has 0 aliphatic rings. The monoisotopic (exact) mass is 152 g/mol. The minimum Gasteiger partial charge on any atom is -0.414 e. The number of fused-ring (bicyclic) bond motifs is 1. The van der Waals surface area contributed by atoms with E-state index in [0.29, 0.717) is 5.69 Å². The van der Waals surface area contributed by atoms with Crippen molar-refractivity contribution in [2.45, 2.75) is 0 Å². The Morgan fingerprint density at radius 1 is 1.64 bits per heavy atom. The first-order valence-electron chi connectivity index (χ1n) is 3.17. The highest BCUT2D eigenvalue weighted by molar-refractivity contribution is 5.52. The third-order valence-corrected chi connectivity index (χ3v) is 1.51. The van der Waals surface area contributed by atoms with Gasteiger partial charge in [0.25, 0.3) is 0 Å². The van der Waals surface area contributed by atoms with Gasteiger partial charge in [0.15, 0.2) is 12.0 Å². The summed E-state index contributed by atoms with van der Waals surface area (Å²) in [5.41, 5.74) is 7.03. The van der Waals surface area contributed by atoms with Crippen molar-refractivity contribution in [2.75, 3.05) is 12.8 Å². The Balaban J connectivity index is 2.73. The molecule has 2 aromatic heterocycles. The lowest BCUT2D eigenvalue weighted by molar-refractivity contribution is 0.177. The molecule has 5 nitrogen and oxygen atoms in total. The van der Waals surface area contributed by atoms with Gasteiger partial charge in [-0.15, -0.1) is 0 Å². The molecule has 0 unspecified atom stereocenters. The first-order chi connectivity index (χ1) is 5.31. The second-order valence-electron chi connectivity index (χ2n) is 2.22. The number of nitrogens with two attached hydrogens (primary N) is 1. The highest BCUT2D eigenvalue weighted by atomic mass is 16.6. The molecule has 0 amide bonds. The zero-order valence-corrected chi connectivity index (χ0v) is 6.06. The summed E-state index contributed by atoms with van der Waals surface area (Å²) >= 11 is 0. The van der Waals surface area contributed by atoms with Crippen molar-refractivity contribution in [3.05, 3.63) is 18.6 Å². The Bertz CT molecular complexity index is 375. The predicted molar refractivity (Wildman–Crippen MR) is 40.1 cm³/mol. The molecule has 2 N–H and O–H groups in total. The molecule has 0 atom stereocenters. The van der Waals surface area contributed by atoms with E-state index >= 15 is 0 Å². The van der Waals surface area contributed by atoms with Crippen molar-refractivity contribution >= 4 is 11.3 Å². The summed E-state index contributed by atoms with van der Waals surface area (Å²) in [5.74, 6) is 0. The van der Waals surface area contributed by atoms with Crippen LogP contribution in [0.1, 0.15) is 0 Å². The Kier molecular flexibility index (Phi) is 1.06. The van der Waals surface area contributed by atoms with Gasteiger partial charge in [-0.1, -0.05) is 0 Å². The van der Waals surface area contributed by atoms with E-state index in [-0.39, 0.29) is 0 Å². The van der Waals surface area contributed by atoms with Crippen LogP contribution < -0.4 is 10.6 Å². The fourth-order valence-electron chi connectivity index (χ4n) is 1.02. The Hall–Kier alpha value is -1.65. The van der Waals surface area contributed by atoms with Gasteiger partial charge in [-0.05, 0) is 0 Å². The molecule has 0 saturated heterocycles. The number of hydrogen-bond acceptors (Lipinski definition) is 3. The summed E-state index contributed by atoms with van der Waals surface area (Å²) in [6.07, 6.45) is 3.31. The van der Waals surface area contributed by atoms with Crippen molar-refractivity contribution in [3.63, 3.8) is 0 Å². The van der Waals surface area contributed by atoms with Crippen LogP contribution in [-0.4, -0.2) is 21.5 Å². The van der Waals surface area contributed by atoms with Crippen LogP contribution in [0.2, 0.25) is 0 Å². The number of aromatic nitrogens is 3. The van der Waals surface area contributed by atoms with Crippen molar-refractivity contribution in [3.8, 4) is 0 Å². The standard InChI is InChI=1S/C6H8N4O/c1-11-10-4-8-9-3-5(7)2-6(9)10/h2-4H,7H2,1H3. The molecule has 0 saturated carbocycles. The fraction of sp³-hybridized carbons (Fsp3) is 0.167. The number of hydrogen-bond donors (Lipinski definition) is 1. The number of rotatable bonds is 1. The maximum atomic E-state index is 5.53. The summed E-state index contributed by atoms with van der Waals surface area (Å²) in [4.78, 5) is 4.96. The summed E-state index contributed by atoms with van der Waals surface area (Å²) in [7, 11) is 1.57. The van der Waals surface area contributed by atoms with Crippen LogP contribution in [0.3, 0.4) is 0 Å². The largest absolute Gasteiger partial charge is 0.414 e. The second kappa shape index (κ2) is 1.91. The molecule has 2 rings (SSSR count). The average molecular weight is 152 g/mol. The molecule has 2 heterocycles. The van der Waals surface area contributed by atoms with Crippen LogP contribution in [-0.2, 0) is 0 Å². The van der Waals surface area contributed by atoms with Crippen LogP contribution in [0.25, 0.3) is 5.65 Å². The lowest BCUT2D eigenvalue weighted by atomic mass is 10.5. The third-order valence-electron chi connectivity index (χ3n) is 1.51. The molecule has 2 aromatic rings. The molecule has 0 bridgehead atoms. The maximum absolute atomic E-state index is 5.53. The van der Waals surface area contributed by atoms with Gasteiger partial charge in [0.1, 0.15) is 7.11 Å². The van der Waals surface area contributed by atoms with E-state index in [1.165, 1.54) is 4.73 Å². The topological polar surface area (TPSA) is 57.5 Å². The van der Waals surface area contributed by atoms with Crippen molar-refractivity contribution in [1.82, 2.24) is 14.3 Å². The summed E-state index contributed by atoms with van der Waals surface area (Å²) < 4.78 is 3.19. The third kappa shape index (κ3) is 0.739. The van der Waals surface area contributed by atoms with Crippen molar-refractivity contribution in [2.24, 2.45) is 0 Å². The lowest BCUT2D eigenvalue weighted by Gasteiger charge is -1.95. The van der Waals surface area contributed by atoms with Gasteiger partial charge in [0.05, 0.1) is 11.9 Å². The molecular weight excluding hydrogens is 144 g/mol. The summed E-state index contributed by atoms with van der Waals surface area (Å²) in [5, 5.41) is 3.98.